The van der Waals surface area contributed by atoms with Crippen molar-refractivity contribution >= 4 is 27.3 Å². The predicted molar refractivity (Wildman–Crippen MR) is 90.1 cm³/mol. The largest absolute Gasteiger partial charge is 0.471 e. The second kappa shape index (κ2) is 7.74. The highest BCUT2D eigenvalue weighted by molar-refractivity contribution is 7.89. The third-order valence-corrected chi connectivity index (χ3v) is 4.50. The number of hydrogen-bond donors (Lipinski definition) is 2. The second-order valence-corrected chi connectivity index (χ2v) is 6.94. The summed E-state index contributed by atoms with van der Waals surface area (Å²) in [6, 6.07) is 9.26. The summed E-state index contributed by atoms with van der Waals surface area (Å²) in [5.41, 5.74) is 0.539. The van der Waals surface area contributed by atoms with E-state index in [1.165, 1.54) is 31.2 Å². The zero-order chi connectivity index (χ0) is 20.2. The summed E-state index contributed by atoms with van der Waals surface area (Å²) >= 11 is 0. The fraction of sp³-hybridized carbons (Fsp3) is 0.125. The first kappa shape index (κ1) is 20.4. The molecular weight excluding hydrogens is 390 g/mol. The van der Waals surface area contributed by atoms with Crippen LogP contribution in [0, 0.1) is 5.82 Å². The van der Waals surface area contributed by atoms with Crippen LogP contribution in [0.4, 0.5) is 23.2 Å². The van der Waals surface area contributed by atoms with Crippen LogP contribution in [0.25, 0.3) is 0 Å². The second-order valence-electron chi connectivity index (χ2n) is 5.28. The Morgan fingerprint density at radius 1 is 1.00 bits per heavy atom. The number of sulfonamides is 1. The lowest BCUT2D eigenvalue weighted by atomic mass is 10.1. The molecule has 27 heavy (non-hydrogen) atoms. The van der Waals surface area contributed by atoms with Crippen LogP contribution in [-0.2, 0) is 14.8 Å². The molecule has 6 nitrogen and oxygen atoms in total. The van der Waals surface area contributed by atoms with Gasteiger partial charge in [-0.05, 0) is 48.9 Å². The Labute approximate surface area is 151 Å². The van der Waals surface area contributed by atoms with Crippen LogP contribution in [-0.4, -0.2) is 26.2 Å². The molecule has 2 rings (SSSR count). The van der Waals surface area contributed by atoms with Gasteiger partial charge >= 0.3 is 12.1 Å². The van der Waals surface area contributed by atoms with E-state index in [9.17, 15) is 30.8 Å². The molecule has 0 saturated carbocycles. The number of alkyl halides is 3. The maximum Gasteiger partial charge on any atom is 0.471 e. The van der Waals surface area contributed by atoms with Gasteiger partial charge in [0, 0.05) is 5.69 Å². The van der Waals surface area contributed by atoms with Gasteiger partial charge in [-0.1, -0.05) is 12.1 Å². The number of rotatable bonds is 5. The predicted octanol–water partition coefficient (Wildman–Crippen LogP) is 3.03. The van der Waals surface area contributed by atoms with Gasteiger partial charge in [0.1, 0.15) is 5.82 Å². The first-order valence-corrected chi connectivity index (χ1v) is 8.77. The molecule has 0 aliphatic carbocycles. The Kier molecular flexibility index (Phi) is 5.84. The van der Waals surface area contributed by atoms with Crippen LogP contribution < -0.4 is 10.1 Å². The van der Waals surface area contributed by atoms with Gasteiger partial charge in [0.25, 0.3) is 10.0 Å². The van der Waals surface area contributed by atoms with Crippen LogP contribution in [0.15, 0.2) is 58.5 Å². The number of carbonyl (C=O) groups excluding carboxylic acids is 1. The van der Waals surface area contributed by atoms with Crippen molar-refractivity contribution in [2.45, 2.75) is 18.0 Å². The average Bonchev–Trinajstić information content (AvgIpc) is 2.60. The van der Waals surface area contributed by atoms with Crippen molar-refractivity contribution in [2.75, 3.05) is 5.32 Å². The van der Waals surface area contributed by atoms with Gasteiger partial charge in [-0.15, -0.1) is 0 Å². The highest BCUT2D eigenvalue weighted by Crippen LogP contribution is 2.18. The van der Waals surface area contributed by atoms with E-state index in [-0.39, 0.29) is 16.3 Å². The van der Waals surface area contributed by atoms with E-state index in [2.05, 4.69) is 5.10 Å². The molecule has 0 bridgehead atoms. The zero-order valence-corrected chi connectivity index (χ0v) is 14.5. The molecule has 0 spiro atoms. The Balaban J connectivity index is 2.09. The minimum atomic E-state index is -5.01. The minimum Gasteiger partial charge on any atom is -0.318 e. The van der Waals surface area contributed by atoms with Gasteiger partial charge in [-0.2, -0.15) is 31.5 Å². The molecule has 0 aliphatic heterocycles. The Bertz CT molecular complexity index is 954. The molecule has 0 fully saturated rings. The number of carbonyl (C=O) groups is 1. The SMILES string of the molecule is C/C(=N/NS(=O)(=O)c1ccc(F)cc1)c1ccc(NC(=O)C(F)(F)F)cc1. The smallest absolute Gasteiger partial charge is 0.318 e. The molecule has 0 aliphatic rings. The lowest BCUT2D eigenvalue weighted by Crippen LogP contribution is -2.29. The molecule has 11 heteroatoms. The Morgan fingerprint density at radius 3 is 2.07 bits per heavy atom. The third-order valence-electron chi connectivity index (χ3n) is 3.28. The van der Waals surface area contributed by atoms with E-state index >= 15 is 0 Å². The Hall–Kier alpha value is -2.95. The maximum absolute atomic E-state index is 12.9. The zero-order valence-electron chi connectivity index (χ0n) is 13.7. The number of benzene rings is 2. The van der Waals surface area contributed by atoms with Gasteiger partial charge in [0.15, 0.2) is 0 Å². The standard InChI is InChI=1S/C16H13F4N3O3S/c1-10(22-23-27(25,26)14-8-4-12(17)5-9-14)11-2-6-13(7-3-11)21-15(24)16(18,19)20/h2-9,23H,1H3,(H,21,24)/b22-10-. The summed E-state index contributed by atoms with van der Waals surface area (Å²) in [5, 5.41) is 5.40. The summed E-state index contributed by atoms with van der Waals surface area (Å²) in [6.07, 6.45) is -5.01. The number of nitrogens with one attached hydrogen (secondary N) is 2. The summed E-state index contributed by atoms with van der Waals surface area (Å²) in [4.78, 5) is 12.7. The molecule has 2 aromatic carbocycles. The lowest BCUT2D eigenvalue weighted by molar-refractivity contribution is -0.167. The van der Waals surface area contributed by atoms with E-state index in [0.29, 0.717) is 5.56 Å². The van der Waals surface area contributed by atoms with E-state index in [1.54, 1.807) is 5.32 Å². The molecule has 0 heterocycles. The van der Waals surface area contributed by atoms with Crippen molar-refractivity contribution < 1.29 is 30.8 Å². The molecule has 2 aromatic rings. The monoisotopic (exact) mass is 403 g/mol. The number of nitrogens with zero attached hydrogens (tertiary/aromatic N) is 1. The van der Waals surface area contributed by atoms with Gasteiger partial charge in [-0.3, -0.25) is 4.79 Å². The van der Waals surface area contributed by atoms with Crippen molar-refractivity contribution in [1.29, 1.82) is 0 Å². The summed E-state index contributed by atoms with van der Waals surface area (Å²) < 4.78 is 73.6. The van der Waals surface area contributed by atoms with E-state index in [0.717, 1.165) is 24.3 Å². The normalized spacial score (nSPS) is 12.6. The number of amides is 1. The van der Waals surface area contributed by atoms with Crippen LogP contribution in [0.3, 0.4) is 0 Å². The fourth-order valence-corrected chi connectivity index (χ4v) is 2.71. The lowest BCUT2D eigenvalue weighted by Gasteiger charge is -2.09. The van der Waals surface area contributed by atoms with Crippen LogP contribution in [0.2, 0.25) is 0 Å². The molecule has 2 N–H and O–H groups in total. The van der Waals surface area contributed by atoms with Crippen LogP contribution in [0.1, 0.15) is 12.5 Å². The van der Waals surface area contributed by atoms with Crippen molar-refractivity contribution in [3.05, 3.63) is 59.9 Å². The summed E-state index contributed by atoms with van der Waals surface area (Å²) in [5.74, 6) is -2.70. The topological polar surface area (TPSA) is 87.6 Å². The van der Waals surface area contributed by atoms with Gasteiger partial charge in [0.05, 0.1) is 10.6 Å². The molecular formula is C16H13F4N3O3S. The minimum absolute atomic E-state index is 0.0826. The van der Waals surface area contributed by atoms with Crippen molar-refractivity contribution in [3.63, 3.8) is 0 Å². The maximum atomic E-state index is 12.9. The summed E-state index contributed by atoms with van der Waals surface area (Å²) in [6.45, 7) is 1.47. The molecule has 0 unspecified atom stereocenters. The molecule has 0 radical (unpaired) electrons. The fourth-order valence-electron chi connectivity index (χ4n) is 1.86. The van der Waals surface area contributed by atoms with Gasteiger partial charge < -0.3 is 5.32 Å². The van der Waals surface area contributed by atoms with Gasteiger partial charge in [0.2, 0.25) is 0 Å². The van der Waals surface area contributed by atoms with Crippen molar-refractivity contribution in [2.24, 2.45) is 5.10 Å². The number of anilines is 1. The molecule has 0 aromatic heterocycles. The number of halogens is 4. The first-order chi connectivity index (χ1) is 12.5. The van der Waals surface area contributed by atoms with Crippen molar-refractivity contribution in [1.82, 2.24) is 4.83 Å². The average molecular weight is 403 g/mol. The van der Waals surface area contributed by atoms with E-state index in [4.69, 9.17) is 0 Å². The molecule has 1 amide bonds. The summed E-state index contributed by atoms with van der Waals surface area (Å²) in [7, 11) is -4.01. The van der Waals surface area contributed by atoms with E-state index in [1.807, 2.05) is 4.83 Å². The molecule has 0 saturated heterocycles. The van der Waals surface area contributed by atoms with Crippen molar-refractivity contribution in [3.8, 4) is 0 Å². The highest BCUT2D eigenvalue weighted by atomic mass is 32.2. The molecule has 144 valence electrons. The van der Waals surface area contributed by atoms with Gasteiger partial charge in [-0.25, -0.2) is 4.39 Å². The third kappa shape index (κ3) is 5.51. The van der Waals surface area contributed by atoms with E-state index < -0.39 is 27.9 Å². The first-order valence-electron chi connectivity index (χ1n) is 7.29. The Morgan fingerprint density at radius 2 is 1.56 bits per heavy atom. The molecule has 0 atom stereocenters. The van der Waals surface area contributed by atoms with Crippen LogP contribution >= 0.6 is 0 Å². The number of hydrogen-bond acceptors (Lipinski definition) is 4. The number of hydrazone groups is 1. The highest BCUT2D eigenvalue weighted by Gasteiger charge is 2.38. The quantitative estimate of drug-likeness (QED) is 0.457. The van der Waals surface area contributed by atoms with Crippen LogP contribution in [0.5, 0.6) is 0 Å².